The highest BCUT2D eigenvalue weighted by Crippen LogP contribution is 2.14. The van der Waals surface area contributed by atoms with Gasteiger partial charge in [0.05, 0.1) is 5.69 Å². The third-order valence-corrected chi connectivity index (χ3v) is 1.69. The number of imidazole rings is 1. The summed E-state index contributed by atoms with van der Waals surface area (Å²) in [6.07, 6.45) is 0. The second-order valence-electron chi connectivity index (χ2n) is 2.40. The maximum absolute atomic E-state index is 5.62. The second-order valence-corrected chi connectivity index (χ2v) is 2.74. The first-order valence-corrected chi connectivity index (χ1v) is 3.70. The molecule has 5 nitrogen and oxygen atoms in total. The van der Waals surface area contributed by atoms with Crippen LogP contribution in [-0.4, -0.2) is 19.9 Å². The molecule has 2 rings (SSSR count). The number of nitrogens with zero attached hydrogens (tertiary/aromatic N) is 3. The minimum absolute atomic E-state index is 0.187. The van der Waals surface area contributed by atoms with Crippen molar-refractivity contribution in [3.05, 3.63) is 11.0 Å². The van der Waals surface area contributed by atoms with Crippen molar-refractivity contribution in [1.82, 2.24) is 19.9 Å². The molecule has 0 saturated carbocycles. The molecule has 0 atom stereocenters. The van der Waals surface area contributed by atoms with E-state index in [0.29, 0.717) is 11.6 Å². The fourth-order valence-electron chi connectivity index (χ4n) is 1.02. The number of hydrogen-bond acceptors (Lipinski definition) is 4. The molecule has 2 heterocycles. The van der Waals surface area contributed by atoms with Gasteiger partial charge in [0.1, 0.15) is 5.52 Å². The van der Waals surface area contributed by atoms with Crippen LogP contribution in [0.2, 0.25) is 5.28 Å². The van der Waals surface area contributed by atoms with Gasteiger partial charge in [0.2, 0.25) is 5.28 Å². The molecule has 62 valence electrons. The Morgan fingerprint density at radius 1 is 1.33 bits per heavy atom. The Morgan fingerprint density at radius 3 is 2.83 bits per heavy atom. The van der Waals surface area contributed by atoms with E-state index in [-0.39, 0.29) is 5.28 Å². The van der Waals surface area contributed by atoms with E-state index in [1.807, 2.05) is 6.92 Å². The zero-order chi connectivity index (χ0) is 8.72. The molecule has 0 radical (unpaired) electrons. The Morgan fingerprint density at radius 2 is 2.08 bits per heavy atom. The van der Waals surface area contributed by atoms with Gasteiger partial charge in [-0.05, 0) is 18.5 Å². The molecule has 3 N–H and O–H groups in total. The summed E-state index contributed by atoms with van der Waals surface area (Å²) < 4.78 is 0. The summed E-state index contributed by atoms with van der Waals surface area (Å²) in [6.45, 7) is 1.81. The number of rotatable bonds is 0. The van der Waals surface area contributed by atoms with E-state index in [4.69, 9.17) is 17.3 Å². The topological polar surface area (TPSA) is 80.5 Å². The number of aryl methyl sites for hydroxylation is 1. The van der Waals surface area contributed by atoms with Crippen LogP contribution in [0.15, 0.2) is 0 Å². The number of nitrogens with two attached hydrogens (primary N) is 1. The standard InChI is InChI=1S/C6H6ClN5/c1-2-3-4(11-5(7)9-2)12-6(8)10-3/h1H3,(H3,8,9,10,11,12). The molecule has 0 aromatic carbocycles. The van der Waals surface area contributed by atoms with Gasteiger partial charge in [-0.3, -0.25) is 0 Å². The fraction of sp³-hybridized carbons (Fsp3) is 0.167. The number of aromatic amines is 1. The Bertz CT molecular complexity index is 435. The molecule has 2 aromatic rings. The largest absolute Gasteiger partial charge is 0.369 e. The predicted molar refractivity (Wildman–Crippen MR) is 45.8 cm³/mol. The summed E-state index contributed by atoms with van der Waals surface area (Å²) in [7, 11) is 0. The summed E-state index contributed by atoms with van der Waals surface area (Å²) in [5.41, 5.74) is 7.41. The number of nitrogen functional groups attached to an aromatic ring is 1. The van der Waals surface area contributed by atoms with Crippen molar-refractivity contribution in [2.75, 3.05) is 5.73 Å². The molecule has 0 fully saturated rings. The third kappa shape index (κ3) is 0.984. The molecule has 0 amide bonds. The van der Waals surface area contributed by atoms with Crippen LogP contribution in [0.4, 0.5) is 5.95 Å². The van der Waals surface area contributed by atoms with Crippen LogP contribution in [0, 0.1) is 6.92 Å². The summed E-state index contributed by atoms with van der Waals surface area (Å²) in [5.74, 6) is 0.324. The number of halogens is 1. The molecule has 0 unspecified atom stereocenters. The summed E-state index contributed by atoms with van der Waals surface area (Å²) >= 11 is 5.62. The van der Waals surface area contributed by atoms with Crippen molar-refractivity contribution < 1.29 is 0 Å². The molecule has 12 heavy (non-hydrogen) atoms. The number of hydrogen-bond donors (Lipinski definition) is 2. The zero-order valence-corrected chi connectivity index (χ0v) is 7.05. The molecule has 0 saturated heterocycles. The molecule has 0 aliphatic carbocycles. The maximum Gasteiger partial charge on any atom is 0.224 e. The van der Waals surface area contributed by atoms with Crippen LogP contribution in [0.5, 0.6) is 0 Å². The average Bonchev–Trinajstić information content (AvgIpc) is 2.29. The number of H-pyrrole nitrogens is 1. The zero-order valence-electron chi connectivity index (χ0n) is 6.30. The molecule has 0 aliphatic heterocycles. The van der Waals surface area contributed by atoms with Crippen molar-refractivity contribution >= 4 is 28.7 Å². The number of nitrogens with one attached hydrogen (secondary N) is 1. The molecule has 0 aliphatic rings. The van der Waals surface area contributed by atoms with Gasteiger partial charge in [-0.25, -0.2) is 4.98 Å². The van der Waals surface area contributed by atoms with E-state index in [2.05, 4.69) is 19.9 Å². The van der Waals surface area contributed by atoms with Crippen molar-refractivity contribution in [1.29, 1.82) is 0 Å². The van der Waals surface area contributed by atoms with Crippen molar-refractivity contribution in [3.63, 3.8) is 0 Å². The Balaban J connectivity index is 2.88. The van der Waals surface area contributed by atoms with Gasteiger partial charge < -0.3 is 10.7 Å². The van der Waals surface area contributed by atoms with E-state index in [1.165, 1.54) is 0 Å². The Labute approximate surface area is 73.0 Å². The lowest BCUT2D eigenvalue weighted by molar-refractivity contribution is 1.14. The number of aromatic nitrogens is 4. The van der Waals surface area contributed by atoms with Gasteiger partial charge in [0, 0.05) is 0 Å². The van der Waals surface area contributed by atoms with Gasteiger partial charge in [-0.2, -0.15) is 9.97 Å². The molecule has 0 spiro atoms. The first kappa shape index (κ1) is 7.30. The smallest absolute Gasteiger partial charge is 0.224 e. The van der Waals surface area contributed by atoms with Gasteiger partial charge >= 0.3 is 0 Å². The molecule has 2 aromatic heterocycles. The maximum atomic E-state index is 5.62. The van der Waals surface area contributed by atoms with Crippen LogP contribution in [0.3, 0.4) is 0 Å². The van der Waals surface area contributed by atoms with E-state index in [0.717, 1.165) is 11.2 Å². The van der Waals surface area contributed by atoms with Crippen molar-refractivity contribution in [2.24, 2.45) is 0 Å². The lowest BCUT2D eigenvalue weighted by Crippen LogP contribution is -1.88. The van der Waals surface area contributed by atoms with E-state index in [9.17, 15) is 0 Å². The quantitative estimate of drug-likeness (QED) is 0.595. The highest BCUT2D eigenvalue weighted by Gasteiger charge is 2.06. The predicted octanol–water partition coefficient (Wildman–Crippen LogP) is 0.897. The normalized spacial score (nSPS) is 10.8. The van der Waals surface area contributed by atoms with E-state index >= 15 is 0 Å². The van der Waals surface area contributed by atoms with Crippen LogP contribution in [0.1, 0.15) is 5.69 Å². The SMILES string of the molecule is Cc1nc(Cl)nc2nc(N)[nH]c12. The minimum Gasteiger partial charge on any atom is -0.369 e. The molecule has 0 bridgehead atoms. The highest BCUT2D eigenvalue weighted by molar-refractivity contribution is 6.28. The monoisotopic (exact) mass is 183 g/mol. The lowest BCUT2D eigenvalue weighted by Gasteiger charge is -1.92. The van der Waals surface area contributed by atoms with Crippen LogP contribution >= 0.6 is 11.6 Å². The number of fused-ring (bicyclic) bond motifs is 1. The van der Waals surface area contributed by atoms with E-state index in [1.54, 1.807) is 0 Å². The van der Waals surface area contributed by atoms with Crippen LogP contribution in [0.25, 0.3) is 11.2 Å². The van der Waals surface area contributed by atoms with Gasteiger partial charge in [-0.15, -0.1) is 0 Å². The third-order valence-electron chi connectivity index (χ3n) is 1.52. The van der Waals surface area contributed by atoms with Crippen molar-refractivity contribution in [3.8, 4) is 0 Å². The highest BCUT2D eigenvalue weighted by atomic mass is 35.5. The summed E-state index contributed by atoms with van der Waals surface area (Å²) in [5, 5.41) is 0.187. The summed E-state index contributed by atoms with van der Waals surface area (Å²) in [6, 6.07) is 0. The second kappa shape index (κ2) is 2.31. The fourth-order valence-corrected chi connectivity index (χ4v) is 1.23. The minimum atomic E-state index is 0.187. The number of anilines is 1. The summed E-state index contributed by atoms with van der Waals surface area (Å²) in [4.78, 5) is 14.6. The molecular weight excluding hydrogens is 178 g/mol. The first-order valence-electron chi connectivity index (χ1n) is 3.32. The van der Waals surface area contributed by atoms with Crippen molar-refractivity contribution in [2.45, 2.75) is 6.92 Å². The molecule has 6 heteroatoms. The van der Waals surface area contributed by atoms with Crippen LogP contribution in [-0.2, 0) is 0 Å². The van der Waals surface area contributed by atoms with Gasteiger partial charge in [0.25, 0.3) is 0 Å². The Kier molecular flexibility index (Phi) is 1.41. The Hall–Kier alpha value is -1.36. The van der Waals surface area contributed by atoms with Crippen LogP contribution < -0.4 is 5.73 Å². The first-order chi connectivity index (χ1) is 5.66. The lowest BCUT2D eigenvalue weighted by atomic mass is 10.4. The molecular formula is C6H6ClN5. The van der Waals surface area contributed by atoms with E-state index < -0.39 is 0 Å². The average molecular weight is 184 g/mol. The van der Waals surface area contributed by atoms with Gasteiger partial charge in [0.15, 0.2) is 11.6 Å². The van der Waals surface area contributed by atoms with Gasteiger partial charge in [-0.1, -0.05) is 0 Å².